The molecule has 32 heavy (non-hydrogen) atoms. The number of anilines is 1. The highest BCUT2D eigenvalue weighted by atomic mass is 16.3. The average molecular weight is 431 g/mol. The molecule has 1 amide bonds. The lowest BCUT2D eigenvalue weighted by Crippen LogP contribution is -2.31. The van der Waals surface area contributed by atoms with E-state index in [1.54, 1.807) is 0 Å². The van der Waals surface area contributed by atoms with E-state index in [2.05, 4.69) is 39.0 Å². The summed E-state index contributed by atoms with van der Waals surface area (Å²) in [6.07, 6.45) is 9.70. The molecule has 3 heterocycles. The highest BCUT2D eigenvalue weighted by Gasteiger charge is 2.21. The number of nitrogens with zero attached hydrogens (tertiary/aromatic N) is 2. The summed E-state index contributed by atoms with van der Waals surface area (Å²) in [5, 5.41) is 11.8. The number of carbonyl (C=O) groups excluding carboxylic acids is 1. The number of amides is 1. The van der Waals surface area contributed by atoms with Gasteiger partial charge >= 0.3 is 0 Å². The van der Waals surface area contributed by atoms with Crippen LogP contribution in [0.1, 0.15) is 47.2 Å². The van der Waals surface area contributed by atoms with Crippen molar-refractivity contribution in [1.82, 2.24) is 9.55 Å². The number of rotatable bonds is 7. The standard InChI is InChI=1S/C26H30N4O2/c27-26(32)21-7-9-24-20(25(21)30-11-2-1-3-12-30)10-14-29(24)13-4-5-19-16-28-23-8-6-18(17-31)15-22(19)23/h6-10,14-16,28,31H,1-5,11-13,17H2,(H2,27,32). The molecule has 2 aromatic carbocycles. The maximum absolute atomic E-state index is 12.1. The molecule has 166 valence electrons. The fourth-order valence-corrected chi connectivity index (χ4v) is 5.08. The number of benzene rings is 2. The number of aliphatic hydroxyl groups is 1. The van der Waals surface area contributed by atoms with Crippen LogP contribution in [0.2, 0.25) is 0 Å². The summed E-state index contributed by atoms with van der Waals surface area (Å²) in [4.78, 5) is 17.8. The van der Waals surface area contributed by atoms with E-state index in [0.717, 1.165) is 73.0 Å². The van der Waals surface area contributed by atoms with E-state index in [1.165, 1.54) is 17.4 Å². The molecule has 0 saturated carbocycles. The Bertz CT molecular complexity index is 1260. The van der Waals surface area contributed by atoms with Gasteiger partial charge in [0.25, 0.3) is 5.91 Å². The minimum Gasteiger partial charge on any atom is -0.392 e. The number of aromatic nitrogens is 2. The van der Waals surface area contributed by atoms with Gasteiger partial charge in [0, 0.05) is 48.3 Å². The molecular weight excluding hydrogens is 400 g/mol. The molecule has 0 unspecified atom stereocenters. The van der Waals surface area contributed by atoms with Crippen molar-refractivity contribution in [3.05, 3.63) is 65.5 Å². The first-order chi connectivity index (χ1) is 15.7. The van der Waals surface area contributed by atoms with E-state index < -0.39 is 0 Å². The molecule has 5 rings (SSSR count). The lowest BCUT2D eigenvalue weighted by molar-refractivity contribution is 0.100. The second-order valence-corrected chi connectivity index (χ2v) is 8.77. The van der Waals surface area contributed by atoms with Crippen molar-refractivity contribution in [3.8, 4) is 0 Å². The second-order valence-electron chi connectivity index (χ2n) is 8.77. The molecule has 0 aliphatic carbocycles. The van der Waals surface area contributed by atoms with Gasteiger partial charge in [0.2, 0.25) is 0 Å². The number of fused-ring (bicyclic) bond motifs is 2. The predicted molar refractivity (Wildman–Crippen MR) is 129 cm³/mol. The summed E-state index contributed by atoms with van der Waals surface area (Å²) in [6, 6.07) is 12.1. The molecule has 0 spiro atoms. The van der Waals surface area contributed by atoms with Crippen molar-refractivity contribution in [2.24, 2.45) is 5.73 Å². The van der Waals surface area contributed by atoms with Crippen LogP contribution in [0.4, 0.5) is 5.69 Å². The van der Waals surface area contributed by atoms with Gasteiger partial charge in [0.05, 0.1) is 23.4 Å². The van der Waals surface area contributed by atoms with E-state index in [-0.39, 0.29) is 12.5 Å². The monoisotopic (exact) mass is 430 g/mol. The third kappa shape index (κ3) is 3.75. The second kappa shape index (κ2) is 8.71. The number of nitrogens with one attached hydrogen (secondary N) is 1. The summed E-state index contributed by atoms with van der Waals surface area (Å²) in [5.74, 6) is -0.359. The summed E-state index contributed by atoms with van der Waals surface area (Å²) >= 11 is 0. The van der Waals surface area contributed by atoms with Crippen LogP contribution in [0, 0.1) is 0 Å². The lowest BCUT2D eigenvalue weighted by atomic mass is 10.0. The van der Waals surface area contributed by atoms with Crippen molar-refractivity contribution in [3.63, 3.8) is 0 Å². The SMILES string of the molecule is NC(=O)c1ccc2c(ccn2CCCc2c[nH]c3ccc(CO)cc23)c1N1CCCCC1. The molecule has 6 heteroatoms. The Hall–Kier alpha value is -3.25. The van der Waals surface area contributed by atoms with Crippen molar-refractivity contribution in [1.29, 1.82) is 0 Å². The van der Waals surface area contributed by atoms with E-state index in [9.17, 15) is 9.90 Å². The number of nitrogens with two attached hydrogens (primary N) is 1. The molecule has 0 atom stereocenters. The van der Waals surface area contributed by atoms with Crippen LogP contribution in [-0.2, 0) is 19.6 Å². The Morgan fingerprint density at radius 1 is 1.06 bits per heavy atom. The minimum absolute atomic E-state index is 0.0581. The Morgan fingerprint density at radius 2 is 1.91 bits per heavy atom. The topological polar surface area (TPSA) is 87.3 Å². The fraction of sp³-hybridized carbons (Fsp3) is 0.346. The van der Waals surface area contributed by atoms with E-state index in [4.69, 9.17) is 5.73 Å². The smallest absolute Gasteiger partial charge is 0.250 e. The molecule has 1 saturated heterocycles. The molecule has 4 aromatic rings. The van der Waals surface area contributed by atoms with Crippen molar-refractivity contribution in [2.75, 3.05) is 18.0 Å². The normalized spacial score (nSPS) is 14.5. The maximum atomic E-state index is 12.1. The minimum atomic E-state index is -0.359. The Labute approximate surface area is 187 Å². The molecular formula is C26H30N4O2. The van der Waals surface area contributed by atoms with Gasteiger partial charge in [0.15, 0.2) is 0 Å². The maximum Gasteiger partial charge on any atom is 0.250 e. The molecule has 2 aromatic heterocycles. The fourth-order valence-electron chi connectivity index (χ4n) is 5.08. The average Bonchev–Trinajstić information content (AvgIpc) is 3.42. The van der Waals surface area contributed by atoms with Crippen molar-refractivity contribution < 1.29 is 9.90 Å². The predicted octanol–water partition coefficient (Wildman–Crippen LogP) is 4.34. The molecule has 1 fully saturated rings. The summed E-state index contributed by atoms with van der Waals surface area (Å²) < 4.78 is 2.28. The van der Waals surface area contributed by atoms with Crippen LogP contribution < -0.4 is 10.6 Å². The Kier molecular flexibility index (Phi) is 5.62. The van der Waals surface area contributed by atoms with Gasteiger partial charge in [0.1, 0.15) is 0 Å². The van der Waals surface area contributed by atoms with Gasteiger partial charge in [-0.05, 0) is 73.6 Å². The van der Waals surface area contributed by atoms with Gasteiger partial charge in [-0.2, -0.15) is 0 Å². The number of hydrogen-bond donors (Lipinski definition) is 3. The van der Waals surface area contributed by atoms with Crippen molar-refractivity contribution in [2.45, 2.75) is 45.3 Å². The number of piperidine rings is 1. The van der Waals surface area contributed by atoms with Gasteiger partial charge in [-0.1, -0.05) is 6.07 Å². The highest BCUT2D eigenvalue weighted by Crippen LogP contribution is 2.34. The number of aryl methyl sites for hydroxylation is 2. The van der Waals surface area contributed by atoms with Gasteiger partial charge in [-0.3, -0.25) is 4.79 Å². The van der Waals surface area contributed by atoms with Crippen LogP contribution in [0.3, 0.4) is 0 Å². The number of aliphatic hydroxyl groups excluding tert-OH is 1. The van der Waals surface area contributed by atoms with E-state index in [1.807, 2.05) is 24.3 Å². The zero-order valence-electron chi connectivity index (χ0n) is 18.3. The number of hydrogen-bond acceptors (Lipinski definition) is 3. The molecule has 0 radical (unpaired) electrons. The van der Waals surface area contributed by atoms with Crippen LogP contribution >= 0.6 is 0 Å². The first-order valence-electron chi connectivity index (χ1n) is 11.5. The summed E-state index contributed by atoms with van der Waals surface area (Å²) in [7, 11) is 0. The van der Waals surface area contributed by atoms with Gasteiger partial charge < -0.3 is 25.3 Å². The largest absolute Gasteiger partial charge is 0.392 e. The molecule has 1 aliphatic heterocycles. The summed E-state index contributed by atoms with van der Waals surface area (Å²) in [6.45, 7) is 2.90. The molecule has 4 N–H and O–H groups in total. The summed E-state index contributed by atoms with van der Waals surface area (Å²) in [5.41, 5.74) is 11.8. The van der Waals surface area contributed by atoms with Crippen molar-refractivity contribution >= 4 is 33.4 Å². The van der Waals surface area contributed by atoms with Crippen LogP contribution in [0.25, 0.3) is 21.8 Å². The van der Waals surface area contributed by atoms with Crippen LogP contribution in [-0.4, -0.2) is 33.7 Å². The number of carbonyl (C=O) groups is 1. The van der Waals surface area contributed by atoms with E-state index >= 15 is 0 Å². The first-order valence-corrected chi connectivity index (χ1v) is 11.5. The number of H-pyrrole nitrogens is 1. The number of aromatic amines is 1. The zero-order valence-corrected chi connectivity index (χ0v) is 18.3. The van der Waals surface area contributed by atoms with E-state index in [0.29, 0.717) is 5.56 Å². The molecule has 0 bridgehead atoms. The number of primary amides is 1. The molecule has 6 nitrogen and oxygen atoms in total. The third-order valence-corrected chi connectivity index (χ3v) is 6.72. The quantitative estimate of drug-likeness (QED) is 0.408. The van der Waals surface area contributed by atoms with Gasteiger partial charge in [-0.25, -0.2) is 0 Å². The lowest BCUT2D eigenvalue weighted by Gasteiger charge is -2.30. The molecule has 1 aliphatic rings. The third-order valence-electron chi connectivity index (χ3n) is 6.72. The highest BCUT2D eigenvalue weighted by molar-refractivity contribution is 6.07. The van der Waals surface area contributed by atoms with Gasteiger partial charge in [-0.15, -0.1) is 0 Å². The Morgan fingerprint density at radius 3 is 2.69 bits per heavy atom. The first kappa shape index (κ1) is 20.6. The zero-order chi connectivity index (χ0) is 22.1. The van der Waals surface area contributed by atoms with Crippen LogP contribution in [0.5, 0.6) is 0 Å². The Balaban J connectivity index is 1.39. The van der Waals surface area contributed by atoms with Crippen LogP contribution in [0.15, 0.2) is 48.8 Å².